The van der Waals surface area contributed by atoms with Crippen molar-refractivity contribution in [2.24, 2.45) is 0 Å². The third kappa shape index (κ3) is 5.23. The molecule has 1 aliphatic rings. The van der Waals surface area contributed by atoms with Crippen LogP contribution < -0.4 is 20.3 Å². The zero-order valence-corrected chi connectivity index (χ0v) is 16.1. The number of anilines is 3. The summed E-state index contributed by atoms with van der Waals surface area (Å²) in [4.78, 5) is 26.8. The number of hydrogen-bond acceptors (Lipinski definition) is 5. The van der Waals surface area contributed by atoms with Crippen molar-refractivity contribution in [3.05, 3.63) is 48.5 Å². The van der Waals surface area contributed by atoms with Crippen molar-refractivity contribution >= 4 is 28.9 Å². The van der Waals surface area contributed by atoms with E-state index in [9.17, 15) is 9.59 Å². The summed E-state index contributed by atoms with van der Waals surface area (Å²) < 4.78 is 10.9. The molecule has 28 heavy (non-hydrogen) atoms. The van der Waals surface area contributed by atoms with Gasteiger partial charge in [-0.05, 0) is 50.2 Å². The lowest BCUT2D eigenvalue weighted by atomic mass is 10.2. The maximum absolute atomic E-state index is 12.4. The smallest absolute Gasteiger partial charge is 0.314 e. The van der Waals surface area contributed by atoms with E-state index in [0.717, 1.165) is 18.8 Å². The van der Waals surface area contributed by atoms with Crippen molar-refractivity contribution in [3.8, 4) is 5.75 Å². The van der Waals surface area contributed by atoms with Crippen LogP contribution in [0.2, 0.25) is 0 Å². The minimum Gasteiger partial charge on any atom is -0.491 e. The largest absolute Gasteiger partial charge is 0.491 e. The van der Waals surface area contributed by atoms with Crippen molar-refractivity contribution in [1.29, 1.82) is 0 Å². The van der Waals surface area contributed by atoms with E-state index in [2.05, 4.69) is 15.5 Å². The summed E-state index contributed by atoms with van der Waals surface area (Å²) in [7, 11) is 0. The minimum atomic E-state index is -0.727. The number of hydrogen-bond donors (Lipinski definition) is 2. The van der Waals surface area contributed by atoms with Gasteiger partial charge in [-0.15, -0.1) is 0 Å². The molecule has 0 atom stereocenters. The lowest BCUT2D eigenvalue weighted by molar-refractivity contribution is -0.132. The number of ether oxygens (including phenoxy) is 2. The standard InChI is InChI=1S/C21H25N3O4/c1-15(2)28-17-9-7-16(8-10-17)22-20(25)21(26)23-18-5-3-4-6-19(18)24-11-13-27-14-12-24/h3-10,15H,11-14H2,1-2H3,(H,22,25)(H,23,26). The molecule has 0 aromatic heterocycles. The SMILES string of the molecule is CC(C)Oc1ccc(NC(=O)C(=O)Nc2ccccc2N2CCOCC2)cc1. The average Bonchev–Trinajstić information content (AvgIpc) is 2.70. The van der Waals surface area contributed by atoms with Gasteiger partial charge in [0, 0.05) is 18.8 Å². The summed E-state index contributed by atoms with van der Waals surface area (Å²) >= 11 is 0. The summed E-state index contributed by atoms with van der Waals surface area (Å²) in [6.07, 6.45) is 0.0674. The fraction of sp³-hybridized carbons (Fsp3) is 0.333. The van der Waals surface area contributed by atoms with Crippen molar-refractivity contribution in [2.75, 3.05) is 41.8 Å². The zero-order chi connectivity index (χ0) is 19.9. The molecular formula is C21H25N3O4. The highest BCUT2D eigenvalue weighted by atomic mass is 16.5. The Morgan fingerprint density at radius 1 is 0.964 bits per heavy atom. The van der Waals surface area contributed by atoms with Crippen LogP contribution in [0.3, 0.4) is 0 Å². The van der Waals surface area contributed by atoms with E-state index in [1.165, 1.54) is 0 Å². The van der Waals surface area contributed by atoms with E-state index in [-0.39, 0.29) is 6.10 Å². The molecule has 1 aliphatic heterocycles. The number of para-hydroxylation sites is 2. The molecule has 0 saturated carbocycles. The topological polar surface area (TPSA) is 79.9 Å². The molecule has 1 fully saturated rings. The van der Waals surface area contributed by atoms with Crippen LogP contribution in [0, 0.1) is 0 Å². The van der Waals surface area contributed by atoms with E-state index in [1.807, 2.05) is 32.0 Å². The van der Waals surface area contributed by atoms with E-state index < -0.39 is 11.8 Å². The number of nitrogens with zero attached hydrogens (tertiary/aromatic N) is 1. The molecule has 7 heteroatoms. The summed E-state index contributed by atoms with van der Waals surface area (Å²) in [6.45, 7) is 6.63. The predicted molar refractivity (Wildman–Crippen MR) is 109 cm³/mol. The second kappa shape index (κ2) is 9.23. The highest BCUT2D eigenvalue weighted by molar-refractivity contribution is 6.43. The molecule has 1 saturated heterocycles. The van der Waals surface area contributed by atoms with Gasteiger partial charge in [0.1, 0.15) is 5.75 Å². The Labute approximate surface area is 164 Å². The first-order chi connectivity index (χ1) is 13.5. The molecule has 2 aromatic rings. The average molecular weight is 383 g/mol. The molecular weight excluding hydrogens is 358 g/mol. The molecule has 2 N–H and O–H groups in total. The van der Waals surface area contributed by atoms with Crippen LogP contribution in [0.1, 0.15) is 13.8 Å². The highest BCUT2D eigenvalue weighted by Crippen LogP contribution is 2.26. The maximum atomic E-state index is 12.4. The number of benzene rings is 2. The van der Waals surface area contributed by atoms with Gasteiger partial charge in [-0.1, -0.05) is 12.1 Å². The van der Waals surface area contributed by atoms with E-state index in [4.69, 9.17) is 9.47 Å². The van der Waals surface area contributed by atoms with Gasteiger partial charge >= 0.3 is 11.8 Å². The summed E-state index contributed by atoms with van der Waals surface area (Å²) in [6, 6.07) is 14.3. The summed E-state index contributed by atoms with van der Waals surface area (Å²) in [5.74, 6) is -0.741. The van der Waals surface area contributed by atoms with Gasteiger partial charge in [-0.3, -0.25) is 9.59 Å². The first-order valence-corrected chi connectivity index (χ1v) is 9.33. The van der Waals surface area contributed by atoms with Crippen molar-refractivity contribution in [3.63, 3.8) is 0 Å². The Kier molecular flexibility index (Phi) is 6.49. The summed E-state index contributed by atoms with van der Waals surface area (Å²) in [5, 5.41) is 5.31. The van der Waals surface area contributed by atoms with E-state index in [0.29, 0.717) is 30.3 Å². The zero-order valence-electron chi connectivity index (χ0n) is 16.1. The van der Waals surface area contributed by atoms with Crippen LogP contribution in [-0.4, -0.2) is 44.2 Å². The fourth-order valence-corrected chi connectivity index (χ4v) is 2.92. The molecule has 2 amide bonds. The quantitative estimate of drug-likeness (QED) is 0.776. The van der Waals surface area contributed by atoms with Crippen LogP contribution in [0.15, 0.2) is 48.5 Å². The molecule has 0 spiro atoms. The molecule has 2 aromatic carbocycles. The van der Waals surface area contributed by atoms with Crippen LogP contribution in [0.25, 0.3) is 0 Å². The van der Waals surface area contributed by atoms with Gasteiger partial charge in [0.05, 0.1) is 30.7 Å². The number of nitrogens with one attached hydrogen (secondary N) is 2. The minimum absolute atomic E-state index is 0.0674. The van der Waals surface area contributed by atoms with Crippen LogP contribution in [-0.2, 0) is 14.3 Å². The summed E-state index contributed by atoms with van der Waals surface area (Å²) in [5.41, 5.74) is 2.00. The Bertz CT molecular complexity index is 815. The monoisotopic (exact) mass is 383 g/mol. The number of morpholine rings is 1. The Morgan fingerprint density at radius 3 is 2.29 bits per heavy atom. The Balaban J connectivity index is 1.62. The third-order valence-electron chi connectivity index (χ3n) is 4.19. The van der Waals surface area contributed by atoms with Gasteiger partial charge in [0.2, 0.25) is 0 Å². The fourth-order valence-electron chi connectivity index (χ4n) is 2.92. The van der Waals surface area contributed by atoms with Gasteiger partial charge in [-0.25, -0.2) is 0 Å². The van der Waals surface area contributed by atoms with Crippen molar-refractivity contribution in [2.45, 2.75) is 20.0 Å². The molecule has 1 heterocycles. The van der Waals surface area contributed by atoms with E-state index >= 15 is 0 Å². The highest BCUT2D eigenvalue weighted by Gasteiger charge is 2.19. The second-order valence-corrected chi connectivity index (χ2v) is 6.72. The molecule has 0 radical (unpaired) electrons. The van der Waals surface area contributed by atoms with Crippen LogP contribution in [0.5, 0.6) is 5.75 Å². The van der Waals surface area contributed by atoms with Crippen molar-refractivity contribution in [1.82, 2.24) is 0 Å². The second-order valence-electron chi connectivity index (χ2n) is 6.72. The van der Waals surface area contributed by atoms with Gasteiger partial charge < -0.3 is 25.0 Å². The number of carbonyl (C=O) groups excluding carboxylic acids is 2. The first kappa shape index (κ1) is 19.7. The lowest BCUT2D eigenvalue weighted by Crippen LogP contribution is -2.37. The molecule has 0 aliphatic carbocycles. The first-order valence-electron chi connectivity index (χ1n) is 9.33. The van der Waals surface area contributed by atoms with Crippen molar-refractivity contribution < 1.29 is 19.1 Å². The molecule has 7 nitrogen and oxygen atoms in total. The molecule has 0 bridgehead atoms. The van der Waals surface area contributed by atoms with E-state index in [1.54, 1.807) is 30.3 Å². The van der Waals surface area contributed by atoms with Gasteiger partial charge in [0.25, 0.3) is 0 Å². The molecule has 0 unspecified atom stereocenters. The molecule has 148 valence electrons. The lowest BCUT2D eigenvalue weighted by Gasteiger charge is -2.30. The van der Waals surface area contributed by atoms with Gasteiger partial charge in [0.15, 0.2) is 0 Å². The number of amides is 2. The van der Waals surface area contributed by atoms with Crippen LogP contribution in [0.4, 0.5) is 17.1 Å². The number of rotatable bonds is 5. The Hall–Kier alpha value is -3.06. The number of carbonyl (C=O) groups is 2. The Morgan fingerprint density at radius 2 is 1.61 bits per heavy atom. The van der Waals surface area contributed by atoms with Gasteiger partial charge in [-0.2, -0.15) is 0 Å². The third-order valence-corrected chi connectivity index (χ3v) is 4.19. The van der Waals surface area contributed by atoms with Crippen LogP contribution >= 0.6 is 0 Å². The molecule has 3 rings (SSSR count). The normalized spacial score (nSPS) is 13.9. The predicted octanol–water partition coefficient (Wildman–Crippen LogP) is 2.89. The maximum Gasteiger partial charge on any atom is 0.314 e.